The van der Waals surface area contributed by atoms with Crippen LogP contribution in [0.3, 0.4) is 0 Å². The first-order valence-electron chi connectivity index (χ1n) is 4.37. The van der Waals surface area contributed by atoms with Gasteiger partial charge < -0.3 is 10.6 Å². The molecule has 0 aromatic carbocycles. The summed E-state index contributed by atoms with van der Waals surface area (Å²) in [6, 6.07) is 0.794. The second-order valence-corrected chi connectivity index (χ2v) is 4.02. The van der Waals surface area contributed by atoms with Crippen molar-refractivity contribution < 1.29 is 0 Å². The molecule has 0 aliphatic heterocycles. The number of hydrogen-bond donors (Lipinski definition) is 1. The molecule has 0 aliphatic rings. The van der Waals surface area contributed by atoms with E-state index in [4.69, 9.17) is 5.73 Å². The van der Waals surface area contributed by atoms with Crippen molar-refractivity contribution in [1.82, 2.24) is 4.90 Å². The Bertz CT molecular complexity index is 89.7. The minimum Gasteiger partial charge on any atom is -0.327 e. The zero-order valence-electron chi connectivity index (χ0n) is 8.46. The van der Waals surface area contributed by atoms with Gasteiger partial charge in [-0.3, -0.25) is 0 Å². The highest BCUT2D eigenvalue weighted by molar-refractivity contribution is 4.76. The standard InChI is InChI=1S/C9H22N2/c1-7(2)6-9(8(3)10)11(4)5/h7-9H,6,10H2,1-5H3. The first kappa shape index (κ1) is 10.9. The average Bonchev–Trinajstić information content (AvgIpc) is 1.81. The normalized spacial score (nSPS) is 17.5. The topological polar surface area (TPSA) is 29.3 Å². The largest absolute Gasteiger partial charge is 0.327 e. The predicted octanol–water partition coefficient (Wildman–Crippen LogP) is 1.31. The van der Waals surface area contributed by atoms with Crippen LogP contribution in [-0.2, 0) is 0 Å². The third-order valence-electron chi connectivity index (χ3n) is 1.98. The second kappa shape index (κ2) is 4.73. The van der Waals surface area contributed by atoms with Gasteiger partial charge in [0.1, 0.15) is 0 Å². The van der Waals surface area contributed by atoms with Crippen LogP contribution >= 0.6 is 0 Å². The maximum absolute atomic E-state index is 5.84. The summed E-state index contributed by atoms with van der Waals surface area (Å²) in [7, 11) is 4.19. The summed E-state index contributed by atoms with van der Waals surface area (Å²) in [4.78, 5) is 2.21. The molecule has 2 nitrogen and oxygen atoms in total. The summed E-state index contributed by atoms with van der Waals surface area (Å²) in [5.74, 6) is 0.730. The zero-order chi connectivity index (χ0) is 9.02. The van der Waals surface area contributed by atoms with Crippen LogP contribution in [0.5, 0.6) is 0 Å². The fraction of sp³-hybridized carbons (Fsp3) is 1.00. The van der Waals surface area contributed by atoms with Gasteiger partial charge in [0.15, 0.2) is 0 Å². The molecule has 0 spiro atoms. The van der Waals surface area contributed by atoms with Crippen LogP contribution in [-0.4, -0.2) is 31.1 Å². The lowest BCUT2D eigenvalue weighted by atomic mass is 9.98. The molecule has 0 radical (unpaired) electrons. The molecule has 0 heterocycles. The Hall–Kier alpha value is -0.0800. The van der Waals surface area contributed by atoms with Crippen molar-refractivity contribution in [2.45, 2.75) is 39.3 Å². The summed E-state index contributed by atoms with van der Waals surface area (Å²) in [6.07, 6.45) is 1.19. The highest BCUT2D eigenvalue weighted by atomic mass is 15.1. The van der Waals surface area contributed by atoms with Crippen LogP contribution < -0.4 is 5.73 Å². The molecule has 0 rings (SSSR count). The molecule has 0 amide bonds. The van der Waals surface area contributed by atoms with E-state index in [2.05, 4.69) is 39.8 Å². The van der Waals surface area contributed by atoms with E-state index in [9.17, 15) is 0 Å². The molecule has 11 heavy (non-hydrogen) atoms. The Labute approximate surface area is 70.8 Å². The molecular formula is C9H22N2. The molecule has 0 saturated heterocycles. The van der Waals surface area contributed by atoms with Crippen LogP contribution in [0.25, 0.3) is 0 Å². The fourth-order valence-corrected chi connectivity index (χ4v) is 1.38. The summed E-state index contributed by atoms with van der Waals surface area (Å²) >= 11 is 0. The zero-order valence-corrected chi connectivity index (χ0v) is 8.46. The van der Waals surface area contributed by atoms with Gasteiger partial charge in [-0.25, -0.2) is 0 Å². The van der Waals surface area contributed by atoms with E-state index in [0.717, 1.165) is 5.92 Å². The molecule has 0 fully saturated rings. The van der Waals surface area contributed by atoms with E-state index in [1.165, 1.54) is 6.42 Å². The third kappa shape index (κ3) is 4.38. The number of likely N-dealkylation sites (N-methyl/N-ethyl adjacent to an activating group) is 1. The molecule has 0 aromatic heterocycles. The summed E-state index contributed by atoms with van der Waals surface area (Å²) < 4.78 is 0. The Balaban J connectivity index is 3.90. The van der Waals surface area contributed by atoms with E-state index in [1.807, 2.05) is 0 Å². The van der Waals surface area contributed by atoms with Crippen LogP contribution in [0.15, 0.2) is 0 Å². The predicted molar refractivity (Wildman–Crippen MR) is 50.6 cm³/mol. The molecule has 2 heteroatoms. The van der Waals surface area contributed by atoms with Gasteiger partial charge in [0.05, 0.1) is 0 Å². The van der Waals surface area contributed by atoms with Gasteiger partial charge in [-0.2, -0.15) is 0 Å². The van der Waals surface area contributed by atoms with Crippen molar-refractivity contribution in [2.75, 3.05) is 14.1 Å². The van der Waals surface area contributed by atoms with Crippen molar-refractivity contribution in [3.8, 4) is 0 Å². The lowest BCUT2D eigenvalue weighted by Gasteiger charge is -2.29. The first-order chi connectivity index (χ1) is 4.95. The molecule has 0 aromatic rings. The highest BCUT2D eigenvalue weighted by Crippen LogP contribution is 2.10. The Morgan fingerprint density at radius 3 is 1.73 bits per heavy atom. The molecule has 2 N–H and O–H groups in total. The van der Waals surface area contributed by atoms with Crippen LogP contribution in [0, 0.1) is 5.92 Å². The molecule has 2 atom stereocenters. The number of nitrogens with zero attached hydrogens (tertiary/aromatic N) is 1. The monoisotopic (exact) mass is 158 g/mol. The van der Waals surface area contributed by atoms with Gasteiger partial charge in [-0.15, -0.1) is 0 Å². The number of rotatable bonds is 4. The maximum atomic E-state index is 5.84. The van der Waals surface area contributed by atoms with Crippen LogP contribution in [0.4, 0.5) is 0 Å². The van der Waals surface area contributed by atoms with Gasteiger partial charge in [0.2, 0.25) is 0 Å². The molecule has 2 unspecified atom stereocenters. The van der Waals surface area contributed by atoms with Crippen molar-refractivity contribution >= 4 is 0 Å². The molecule has 0 saturated carbocycles. The van der Waals surface area contributed by atoms with Gasteiger partial charge in [-0.1, -0.05) is 13.8 Å². The summed E-state index contributed by atoms with van der Waals surface area (Å²) in [6.45, 7) is 6.55. The Kier molecular flexibility index (Phi) is 4.69. The van der Waals surface area contributed by atoms with Crippen molar-refractivity contribution in [3.05, 3.63) is 0 Å². The van der Waals surface area contributed by atoms with Gasteiger partial charge in [0, 0.05) is 12.1 Å². The van der Waals surface area contributed by atoms with Gasteiger partial charge in [-0.05, 0) is 33.4 Å². The highest BCUT2D eigenvalue weighted by Gasteiger charge is 2.16. The molecule has 0 bridgehead atoms. The minimum absolute atomic E-state index is 0.271. The van der Waals surface area contributed by atoms with Gasteiger partial charge >= 0.3 is 0 Å². The van der Waals surface area contributed by atoms with E-state index < -0.39 is 0 Å². The summed E-state index contributed by atoms with van der Waals surface area (Å²) in [5.41, 5.74) is 5.84. The number of hydrogen-bond acceptors (Lipinski definition) is 2. The van der Waals surface area contributed by atoms with E-state index in [-0.39, 0.29) is 6.04 Å². The molecule has 68 valence electrons. The van der Waals surface area contributed by atoms with E-state index in [0.29, 0.717) is 6.04 Å². The lowest BCUT2D eigenvalue weighted by molar-refractivity contribution is 0.226. The third-order valence-corrected chi connectivity index (χ3v) is 1.98. The number of nitrogens with two attached hydrogens (primary N) is 1. The van der Waals surface area contributed by atoms with Crippen LogP contribution in [0.1, 0.15) is 27.2 Å². The maximum Gasteiger partial charge on any atom is 0.0240 e. The van der Waals surface area contributed by atoms with Crippen LogP contribution in [0.2, 0.25) is 0 Å². The second-order valence-electron chi connectivity index (χ2n) is 4.02. The summed E-state index contributed by atoms with van der Waals surface area (Å²) in [5, 5.41) is 0. The first-order valence-corrected chi connectivity index (χ1v) is 4.37. The van der Waals surface area contributed by atoms with Crippen molar-refractivity contribution in [3.63, 3.8) is 0 Å². The quantitative estimate of drug-likeness (QED) is 0.668. The fourth-order valence-electron chi connectivity index (χ4n) is 1.38. The molecular weight excluding hydrogens is 136 g/mol. The Morgan fingerprint density at radius 2 is 1.64 bits per heavy atom. The average molecular weight is 158 g/mol. The smallest absolute Gasteiger partial charge is 0.0240 e. The SMILES string of the molecule is CC(C)CC(C(C)N)N(C)C. The molecule has 0 aliphatic carbocycles. The van der Waals surface area contributed by atoms with Gasteiger partial charge in [0.25, 0.3) is 0 Å². The van der Waals surface area contributed by atoms with Crippen molar-refractivity contribution in [2.24, 2.45) is 11.7 Å². The van der Waals surface area contributed by atoms with Crippen molar-refractivity contribution in [1.29, 1.82) is 0 Å². The lowest BCUT2D eigenvalue weighted by Crippen LogP contribution is -2.43. The Morgan fingerprint density at radius 1 is 1.18 bits per heavy atom. The van der Waals surface area contributed by atoms with E-state index in [1.54, 1.807) is 0 Å². The minimum atomic E-state index is 0.271. The van der Waals surface area contributed by atoms with E-state index >= 15 is 0 Å².